The Bertz CT molecular complexity index is 857. The van der Waals surface area contributed by atoms with Crippen molar-refractivity contribution in [3.05, 3.63) is 59.7 Å². The highest BCUT2D eigenvalue weighted by Crippen LogP contribution is 2.27. The molecule has 0 radical (unpaired) electrons. The lowest BCUT2D eigenvalue weighted by Crippen LogP contribution is -2.40. The summed E-state index contributed by atoms with van der Waals surface area (Å²) in [6.45, 7) is 1.32. The Balaban J connectivity index is 2.26. The van der Waals surface area contributed by atoms with Gasteiger partial charge in [0.05, 0.1) is 12.0 Å². The van der Waals surface area contributed by atoms with E-state index in [9.17, 15) is 17.2 Å². The van der Waals surface area contributed by atoms with Crippen LogP contribution in [0.4, 0.5) is 8.78 Å². The molecule has 0 saturated carbocycles. The molecular weight excluding hydrogens is 352 g/mol. The molecule has 0 fully saturated rings. The van der Waals surface area contributed by atoms with Crippen LogP contribution in [0.3, 0.4) is 0 Å². The average molecular weight is 371 g/mol. The van der Waals surface area contributed by atoms with E-state index < -0.39 is 27.3 Å². The first kappa shape index (κ1) is 19.3. The second kappa shape index (κ2) is 7.47. The van der Waals surface area contributed by atoms with Gasteiger partial charge in [-0.05, 0) is 31.2 Å². The first-order chi connectivity index (χ1) is 11.7. The lowest BCUT2D eigenvalue weighted by Gasteiger charge is -2.29. The van der Waals surface area contributed by atoms with Gasteiger partial charge in [0.15, 0.2) is 11.6 Å². The van der Waals surface area contributed by atoms with Gasteiger partial charge >= 0.3 is 0 Å². The lowest BCUT2D eigenvalue weighted by molar-refractivity contribution is 0.00410. The van der Waals surface area contributed by atoms with E-state index in [2.05, 4.69) is 4.72 Å². The van der Waals surface area contributed by atoms with Crippen LogP contribution < -0.4 is 9.46 Å². The monoisotopic (exact) mass is 371 g/mol. The van der Waals surface area contributed by atoms with Crippen LogP contribution in [-0.2, 0) is 20.4 Å². The Morgan fingerprint density at radius 2 is 1.76 bits per heavy atom. The molecule has 0 aliphatic carbocycles. The van der Waals surface area contributed by atoms with Gasteiger partial charge in [0.2, 0.25) is 10.0 Å². The summed E-state index contributed by atoms with van der Waals surface area (Å²) in [4.78, 5) is -0.266. The first-order valence-electron chi connectivity index (χ1n) is 7.37. The Kier molecular flexibility index (Phi) is 5.76. The molecule has 0 spiro atoms. The molecule has 0 aliphatic heterocycles. The molecule has 1 atom stereocenters. The van der Waals surface area contributed by atoms with E-state index in [1.165, 1.54) is 44.6 Å². The number of halogens is 2. The Labute approximate surface area is 145 Å². The minimum absolute atomic E-state index is 0.0629. The van der Waals surface area contributed by atoms with Gasteiger partial charge < -0.3 is 9.47 Å². The van der Waals surface area contributed by atoms with Gasteiger partial charge in [0.1, 0.15) is 11.4 Å². The summed E-state index contributed by atoms with van der Waals surface area (Å²) in [5.74, 6) is -1.37. The number of ether oxygens (including phenoxy) is 2. The molecule has 0 aliphatic rings. The highest BCUT2D eigenvalue weighted by Gasteiger charge is 2.31. The largest absolute Gasteiger partial charge is 0.494 e. The Morgan fingerprint density at radius 3 is 2.32 bits per heavy atom. The SMILES string of the molecule is COc1ccc(S(=O)(=O)NC[C@](C)(OC)c2ccccc2F)cc1F. The number of hydrogen-bond acceptors (Lipinski definition) is 4. The quantitative estimate of drug-likeness (QED) is 0.813. The standard InChI is InChI=1S/C17H19F2NO4S/c1-17(24-3,13-6-4-5-7-14(13)18)11-20-25(21,22)12-8-9-16(23-2)15(19)10-12/h4-10,20H,11H2,1-3H3/t17-/m0/s1. The van der Waals surface area contributed by atoms with E-state index in [4.69, 9.17) is 9.47 Å². The summed E-state index contributed by atoms with van der Waals surface area (Å²) < 4.78 is 65.0. The lowest BCUT2D eigenvalue weighted by atomic mass is 9.95. The van der Waals surface area contributed by atoms with Crippen LogP contribution in [0.15, 0.2) is 47.4 Å². The summed E-state index contributed by atoms with van der Waals surface area (Å²) in [5, 5.41) is 0. The zero-order chi connectivity index (χ0) is 18.7. The van der Waals surface area contributed by atoms with Gasteiger partial charge in [-0.15, -0.1) is 0 Å². The molecule has 2 aromatic carbocycles. The summed E-state index contributed by atoms with van der Waals surface area (Å²) in [7, 11) is -1.38. The molecule has 0 unspecified atom stereocenters. The number of sulfonamides is 1. The molecule has 0 amide bonds. The maximum atomic E-state index is 14.0. The van der Waals surface area contributed by atoms with Crippen molar-refractivity contribution < 1.29 is 26.7 Å². The normalized spacial score (nSPS) is 14.1. The van der Waals surface area contributed by atoms with Gasteiger partial charge in [-0.1, -0.05) is 18.2 Å². The molecule has 0 bridgehead atoms. The highest BCUT2D eigenvalue weighted by molar-refractivity contribution is 7.89. The van der Waals surface area contributed by atoms with Gasteiger partial charge in [0, 0.05) is 19.2 Å². The summed E-state index contributed by atoms with van der Waals surface area (Å²) in [6.07, 6.45) is 0. The molecular formula is C17H19F2NO4S. The number of nitrogens with one attached hydrogen (secondary N) is 1. The van der Waals surface area contributed by atoms with Crippen molar-refractivity contribution in [3.63, 3.8) is 0 Å². The van der Waals surface area contributed by atoms with Crippen molar-refractivity contribution >= 4 is 10.0 Å². The maximum absolute atomic E-state index is 14.0. The van der Waals surface area contributed by atoms with E-state index in [-0.39, 0.29) is 22.8 Å². The molecule has 2 aromatic rings. The molecule has 1 N–H and O–H groups in total. The Hall–Kier alpha value is -2.03. The zero-order valence-electron chi connectivity index (χ0n) is 14.0. The third-order valence-corrected chi connectivity index (χ3v) is 5.33. The third kappa shape index (κ3) is 4.15. The predicted octanol–water partition coefficient (Wildman–Crippen LogP) is 2.81. The summed E-state index contributed by atoms with van der Waals surface area (Å²) >= 11 is 0. The summed E-state index contributed by atoms with van der Waals surface area (Å²) in [5.41, 5.74) is -1.02. The van der Waals surface area contributed by atoms with E-state index in [1.807, 2.05) is 0 Å². The molecule has 136 valence electrons. The topological polar surface area (TPSA) is 64.6 Å². The van der Waals surface area contributed by atoms with Crippen molar-refractivity contribution in [2.24, 2.45) is 0 Å². The van der Waals surface area contributed by atoms with Gasteiger partial charge in [0.25, 0.3) is 0 Å². The van der Waals surface area contributed by atoms with Crippen LogP contribution in [0.5, 0.6) is 5.75 Å². The van der Waals surface area contributed by atoms with Crippen LogP contribution in [0.25, 0.3) is 0 Å². The molecule has 5 nitrogen and oxygen atoms in total. The van der Waals surface area contributed by atoms with E-state index in [0.717, 1.165) is 6.07 Å². The van der Waals surface area contributed by atoms with Crippen molar-refractivity contribution in [2.75, 3.05) is 20.8 Å². The fraction of sp³-hybridized carbons (Fsp3) is 0.294. The fourth-order valence-electron chi connectivity index (χ4n) is 2.30. The van der Waals surface area contributed by atoms with Crippen molar-refractivity contribution in [1.82, 2.24) is 4.72 Å². The van der Waals surface area contributed by atoms with Gasteiger partial charge in [-0.3, -0.25) is 0 Å². The molecule has 2 rings (SSSR count). The average Bonchev–Trinajstić information content (AvgIpc) is 2.60. The number of methoxy groups -OCH3 is 2. The smallest absolute Gasteiger partial charge is 0.240 e. The van der Waals surface area contributed by atoms with Crippen LogP contribution in [0.1, 0.15) is 12.5 Å². The van der Waals surface area contributed by atoms with Crippen LogP contribution in [0, 0.1) is 11.6 Å². The van der Waals surface area contributed by atoms with E-state index >= 15 is 0 Å². The molecule has 25 heavy (non-hydrogen) atoms. The number of rotatable bonds is 7. The fourth-order valence-corrected chi connectivity index (χ4v) is 3.44. The maximum Gasteiger partial charge on any atom is 0.240 e. The van der Waals surface area contributed by atoms with Crippen LogP contribution in [0.2, 0.25) is 0 Å². The van der Waals surface area contributed by atoms with Crippen molar-refractivity contribution in [1.29, 1.82) is 0 Å². The van der Waals surface area contributed by atoms with Crippen LogP contribution in [-0.4, -0.2) is 29.2 Å². The first-order valence-corrected chi connectivity index (χ1v) is 8.85. The molecule has 0 heterocycles. The van der Waals surface area contributed by atoms with Crippen molar-refractivity contribution in [3.8, 4) is 5.75 Å². The second-order valence-electron chi connectivity index (χ2n) is 5.54. The van der Waals surface area contributed by atoms with Gasteiger partial charge in [-0.2, -0.15) is 0 Å². The molecule has 0 aromatic heterocycles. The minimum atomic E-state index is -4.02. The van der Waals surface area contributed by atoms with Crippen molar-refractivity contribution in [2.45, 2.75) is 17.4 Å². The Morgan fingerprint density at radius 1 is 1.08 bits per heavy atom. The second-order valence-corrected chi connectivity index (χ2v) is 7.30. The number of benzene rings is 2. The minimum Gasteiger partial charge on any atom is -0.494 e. The molecule has 8 heteroatoms. The van der Waals surface area contributed by atoms with Crippen LogP contribution >= 0.6 is 0 Å². The third-order valence-electron chi connectivity index (χ3n) is 3.93. The predicted molar refractivity (Wildman–Crippen MR) is 88.9 cm³/mol. The van der Waals surface area contributed by atoms with E-state index in [1.54, 1.807) is 13.0 Å². The summed E-state index contributed by atoms with van der Waals surface area (Å²) in [6, 6.07) is 9.23. The number of hydrogen-bond donors (Lipinski definition) is 1. The van der Waals surface area contributed by atoms with Gasteiger partial charge in [-0.25, -0.2) is 21.9 Å². The zero-order valence-corrected chi connectivity index (χ0v) is 14.9. The highest BCUT2D eigenvalue weighted by atomic mass is 32.2. The molecule has 0 saturated heterocycles. The van der Waals surface area contributed by atoms with E-state index in [0.29, 0.717) is 0 Å².